The zero-order valence-electron chi connectivity index (χ0n) is 12.4. The minimum Gasteiger partial charge on any atom is -0.507 e. The number of amides is 1. The van der Waals surface area contributed by atoms with Gasteiger partial charge in [-0.25, -0.2) is 0 Å². The van der Waals surface area contributed by atoms with Gasteiger partial charge in [0.2, 0.25) is 5.91 Å². The molecular weight excluding hydrogens is 282 g/mol. The van der Waals surface area contributed by atoms with Crippen LogP contribution < -0.4 is 5.32 Å². The fourth-order valence-electron chi connectivity index (χ4n) is 2.29. The van der Waals surface area contributed by atoms with E-state index in [0.29, 0.717) is 5.75 Å². The van der Waals surface area contributed by atoms with E-state index in [1.807, 2.05) is 30.3 Å². The first kappa shape index (κ1) is 15.7. The highest BCUT2D eigenvalue weighted by molar-refractivity contribution is 8.00. The molecule has 0 bridgehead atoms. The van der Waals surface area contributed by atoms with E-state index < -0.39 is 0 Å². The molecule has 0 atom stereocenters. The van der Waals surface area contributed by atoms with E-state index in [1.54, 1.807) is 6.07 Å². The summed E-state index contributed by atoms with van der Waals surface area (Å²) in [6, 6.07) is 11.5. The molecule has 0 aromatic heterocycles. The minimum absolute atomic E-state index is 0.0610. The van der Waals surface area contributed by atoms with Crippen molar-refractivity contribution >= 4 is 28.4 Å². The Morgan fingerprint density at radius 3 is 2.48 bits per heavy atom. The predicted molar refractivity (Wildman–Crippen MR) is 88.8 cm³/mol. The Morgan fingerprint density at radius 1 is 1.14 bits per heavy atom. The first-order chi connectivity index (χ1) is 10.2. The fraction of sp³-hybridized carbons (Fsp3) is 0.353. The standard InChI is InChI=1S/C17H21NO2S/c1-3-12(4-2)18-17(20)11-21-16-10-9-15(19)13-7-5-6-8-14(13)16/h5-10,12,19H,3-4,11H2,1-2H3,(H,18,20). The summed E-state index contributed by atoms with van der Waals surface area (Å²) in [5.74, 6) is 0.730. The number of carbonyl (C=O) groups is 1. The smallest absolute Gasteiger partial charge is 0.230 e. The van der Waals surface area contributed by atoms with Crippen LogP contribution in [-0.2, 0) is 4.79 Å². The van der Waals surface area contributed by atoms with Gasteiger partial charge in [0.05, 0.1) is 5.75 Å². The lowest BCUT2D eigenvalue weighted by Crippen LogP contribution is -2.34. The number of carbonyl (C=O) groups excluding carboxylic acids is 1. The average molecular weight is 303 g/mol. The maximum atomic E-state index is 12.0. The molecule has 0 saturated heterocycles. The van der Waals surface area contributed by atoms with Crippen molar-refractivity contribution in [2.24, 2.45) is 0 Å². The van der Waals surface area contributed by atoms with Crippen LogP contribution in [0.25, 0.3) is 10.8 Å². The summed E-state index contributed by atoms with van der Waals surface area (Å²) in [6.45, 7) is 4.16. The van der Waals surface area contributed by atoms with Gasteiger partial charge in [-0.2, -0.15) is 0 Å². The molecule has 0 radical (unpaired) electrons. The van der Waals surface area contributed by atoms with Gasteiger partial charge in [-0.3, -0.25) is 4.79 Å². The van der Waals surface area contributed by atoms with E-state index in [1.165, 1.54) is 11.8 Å². The van der Waals surface area contributed by atoms with Gasteiger partial charge in [-0.15, -0.1) is 11.8 Å². The second-order valence-corrected chi connectivity index (χ2v) is 6.02. The molecule has 0 saturated carbocycles. The van der Waals surface area contributed by atoms with Gasteiger partial charge in [-0.1, -0.05) is 38.1 Å². The summed E-state index contributed by atoms with van der Waals surface area (Å²) in [5, 5.41) is 14.7. The number of phenolic OH excluding ortho intramolecular Hbond substituents is 1. The molecule has 112 valence electrons. The van der Waals surface area contributed by atoms with Gasteiger partial charge < -0.3 is 10.4 Å². The zero-order chi connectivity index (χ0) is 15.2. The minimum atomic E-state index is 0.0610. The van der Waals surface area contributed by atoms with Gasteiger partial charge in [0, 0.05) is 16.3 Å². The molecular formula is C17H21NO2S. The zero-order valence-corrected chi connectivity index (χ0v) is 13.2. The normalized spacial score (nSPS) is 11.0. The summed E-state index contributed by atoms with van der Waals surface area (Å²) >= 11 is 1.51. The van der Waals surface area contributed by atoms with Crippen molar-refractivity contribution in [2.75, 3.05) is 5.75 Å². The highest BCUT2D eigenvalue weighted by atomic mass is 32.2. The van der Waals surface area contributed by atoms with Gasteiger partial charge in [0.15, 0.2) is 0 Å². The van der Waals surface area contributed by atoms with Gasteiger partial charge in [0.1, 0.15) is 5.75 Å². The number of nitrogens with one attached hydrogen (secondary N) is 1. The largest absolute Gasteiger partial charge is 0.507 e. The Hall–Kier alpha value is -1.68. The van der Waals surface area contributed by atoms with Crippen LogP contribution in [0, 0.1) is 0 Å². The predicted octanol–water partition coefficient (Wildman–Crippen LogP) is 3.94. The Labute approximate surface area is 129 Å². The number of benzene rings is 2. The molecule has 2 aromatic carbocycles. The number of thioether (sulfide) groups is 1. The number of fused-ring (bicyclic) bond motifs is 1. The molecule has 3 nitrogen and oxygen atoms in total. The van der Waals surface area contributed by atoms with Crippen LogP contribution in [0.3, 0.4) is 0 Å². The number of rotatable bonds is 6. The first-order valence-electron chi connectivity index (χ1n) is 7.28. The van der Waals surface area contributed by atoms with E-state index in [-0.39, 0.29) is 17.7 Å². The second kappa shape index (κ2) is 7.36. The van der Waals surface area contributed by atoms with E-state index >= 15 is 0 Å². The van der Waals surface area contributed by atoms with Gasteiger partial charge in [-0.05, 0) is 30.4 Å². The van der Waals surface area contributed by atoms with Crippen molar-refractivity contribution in [3.8, 4) is 5.75 Å². The Bertz CT molecular complexity index is 623. The molecule has 0 aliphatic carbocycles. The van der Waals surface area contributed by atoms with Crippen LogP contribution in [-0.4, -0.2) is 22.8 Å². The molecule has 0 aliphatic heterocycles. The van der Waals surface area contributed by atoms with E-state index in [0.717, 1.165) is 28.5 Å². The lowest BCUT2D eigenvalue weighted by molar-refractivity contribution is -0.119. The number of hydrogen-bond donors (Lipinski definition) is 2. The molecule has 0 fully saturated rings. The summed E-state index contributed by atoms with van der Waals surface area (Å²) in [6.07, 6.45) is 1.91. The van der Waals surface area contributed by atoms with Crippen LogP contribution >= 0.6 is 11.8 Å². The van der Waals surface area contributed by atoms with Crippen molar-refractivity contribution in [1.29, 1.82) is 0 Å². The molecule has 0 unspecified atom stereocenters. The highest BCUT2D eigenvalue weighted by Gasteiger charge is 2.10. The number of phenols is 1. The van der Waals surface area contributed by atoms with Crippen molar-refractivity contribution in [3.05, 3.63) is 36.4 Å². The van der Waals surface area contributed by atoms with E-state index in [9.17, 15) is 9.90 Å². The first-order valence-corrected chi connectivity index (χ1v) is 8.27. The van der Waals surface area contributed by atoms with Crippen LogP contribution in [0.1, 0.15) is 26.7 Å². The SMILES string of the molecule is CCC(CC)NC(=O)CSc1ccc(O)c2ccccc12. The van der Waals surface area contributed by atoms with Crippen LogP contribution in [0.15, 0.2) is 41.3 Å². The van der Waals surface area contributed by atoms with Crippen LogP contribution in [0.2, 0.25) is 0 Å². The monoisotopic (exact) mass is 303 g/mol. The van der Waals surface area contributed by atoms with Crippen LogP contribution in [0.5, 0.6) is 5.75 Å². The highest BCUT2D eigenvalue weighted by Crippen LogP contribution is 2.33. The third-order valence-corrected chi connectivity index (χ3v) is 4.64. The number of hydrogen-bond acceptors (Lipinski definition) is 3. The maximum Gasteiger partial charge on any atom is 0.230 e. The summed E-state index contributed by atoms with van der Waals surface area (Å²) in [4.78, 5) is 13.0. The topological polar surface area (TPSA) is 49.3 Å². The molecule has 0 heterocycles. The summed E-state index contributed by atoms with van der Waals surface area (Å²) in [5.41, 5.74) is 0. The molecule has 2 aromatic rings. The molecule has 21 heavy (non-hydrogen) atoms. The lowest BCUT2D eigenvalue weighted by atomic mass is 10.1. The van der Waals surface area contributed by atoms with Gasteiger partial charge >= 0.3 is 0 Å². The van der Waals surface area contributed by atoms with Gasteiger partial charge in [0.25, 0.3) is 0 Å². The van der Waals surface area contributed by atoms with E-state index in [4.69, 9.17) is 0 Å². The van der Waals surface area contributed by atoms with Crippen molar-refractivity contribution in [3.63, 3.8) is 0 Å². The summed E-state index contributed by atoms with van der Waals surface area (Å²) < 4.78 is 0. The molecule has 0 aliphatic rings. The quantitative estimate of drug-likeness (QED) is 0.795. The average Bonchev–Trinajstić information content (AvgIpc) is 2.52. The Balaban J connectivity index is 2.07. The maximum absolute atomic E-state index is 12.0. The third-order valence-electron chi connectivity index (χ3n) is 3.57. The molecule has 2 rings (SSSR count). The summed E-state index contributed by atoms with van der Waals surface area (Å²) in [7, 11) is 0. The fourth-order valence-corrected chi connectivity index (χ4v) is 3.15. The van der Waals surface area contributed by atoms with E-state index in [2.05, 4.69) is 19.2 Å². The number of aromatic hydroxyl groups is 1. The molecule has 4 heteroatoms. The molecule has 2 N–H and O–H groups in total. The van der Waals surface area contributed by atoms with Crippen LogP contribution in [0.4, 0.5) is 0 Å². The van der Waals surface area contributed by atoms with Crippen molar-refractivity contribution in [1.82, 2.24) is 5.32 Å². The lowest BCUT2D eigenvalue weighted by Gasteiger charge is -2.14. The Kier molecular flexibility index (Phi) is 5.51. The third kappa shape index (κ3) is 3.91. The van der Waals surface area contributed by atoms with Crippen molar-refractivity contribution in [2.45, 2.75) is 37.6 Å². The Morgan fingerprint density at radius 2 is 1.81 bits per heavy atom. The molecule has 1 amide bonds. The van der Waals surface area contributed by atoms with Crippen molar-refractivity contribution < 1.29 is 9.90 Å². The molecule has 0 spiro atoms. The second-order valence-electron chi connectivity index (χ2n) is 5.00.